The average molecular weight is 244 g/mol. The normalized spacial score (nSPS) is 10.4. The number of benzene rings is 1. The van der Waals surface area contributed by atoms with Crippen LogP contribution in [0.25, 0.3) is 11.3 Å². The molecule has 0 N–H and O–H groups in total. The molecule has 0 bridgehead atoms. The van der Waals surface area contributed by atoms with Gasteiger partial charge in [0, 0.05) is 11.6 Å². The Labute approximate surface area is 93.6 Å². The molecule has 0 radical (unpaired) electrons. The van der Waals surface area contributed by atoms with Crippen LogP contribution in [0.15, 0.2) is 22.7 Å². The van der Waals surface area contributed by atoms with E-state index < -0.39 is 11.6 Å². The van der Waals surface area contributed by atoms with Crippen molar-refractivity contribution < 1.29 is 18.1 Å². The number of nitrogens with zero attached hydrogens (tertiary/aromatic N) is 1. The fraction of sp³-hybridized carbons (Fsp3) is 0. The third kappa shape index (κ3) is 1.69. The molecule has 0 spiro atoms. The van der Waals surface area contributed by atoms with Crippen LogP contribution in [-0.2, 0) is 0 Å². The lowest BCUT2D eigenvalue weighted by atomic mass is 10.1. The predicted molar refractivity (Wildman–Crippen MR) is 52.3 cm³/mol. The third-order valence-electron chi connectivity index (χ3n) is 1.99. The van der Waals surface area contributed by atoms with Crippen LogP contribution in [0.4, 0.5) is 8.78 Å². The minimum absolute atomic E-state index is 0.0425. The van der Waals surface area contributed by atoms with Crippen LogP contribution in [0, 0.1) is 11.6 Å². The summed E-state index contributed by atoms with van der Waals surface area (Å²) in [5.74, 6) is -1.56. The molecular formula is C10H4ClF2NO2. The van der Waals surface area contributed by atoms with Gasteiger partial charge < -0.3 is 4.52 Å². The molecule has 2 rings (SSSR count). The Hall–Kier alpha value is -1.75. The lowest BCUT2D eigenvalue weighted by Crippen LogP contribution is -1.90. The molecule has 0 unspecified atom stereocenters. The summed E-state index contributed by atoms with van der Waals surface area (Å²) in [5.41, 5.74) is -0.149. The van der Waals surface area contributed by atoms with Crippen LogP contribution < -0.4 is 0 Å². The molecule has 6 heteroatoms. The van der Waals surface area contributed by atoms with Crippen molar-refractivity contribution >= 4 is 17.9 Å². The Morgan fingerprint density at radius 1 is 1.38 bits per heavy atom. The van der Waals surface area contributed by atoms with Gasteiger partial charge in [-0.25, -0.2) is 8.78 Å². The molecule has 3 nitrogen and oxygen atoms in total. The fourth-order valence-corrected chi connectivity index (χ4v) is 1.42. The maximum Gasteiger partial charge on any atom is 0.237 e. The Morgan fingerprint density at radius 2 is 2.12 bits per heavy atom. The van der Waals surface area contributed by atoms with Gasteiger partial charge >= 0.3 is 0 Å². The summed E-state index contributed by atoms with van der Waals surface area (Å²) >= 11 is 5.52. The summed E-state index contributed by atoms with van der Waals surface area (Å²) < 4.78 is 30.6. The number of hydrogen-bond acceptors (Lipinski definition) is 3. The maximum absolute atomic E-state index is 13.4. The van der Waals surface area contributed by atoms with Gasteiger partial charge in [0.2, 0.25) is 5.22 Å². The lowest BCUT2D eigenvalue weighted by Gasteiger charge is -1.98. The van der Waals surface area contributed by atoms with E-state index >= 15 is 0 Å². The van der Waals surface area contributed by atoms with Crippen LogP contribution in [-0.4, -0.2) is 11.4 Å². The summed E-state index contributed by atoms with van der Waals surface area (Å²) in [6.07, 6.45) is 0.400. The molecule has 0 atom stereocenters. The zero-order valence-corrected chi connectivity index (χ0v) is 8.46. The fourth-order valence-electron chi connectivity index (χ4n) is 1.26. The van der Waals surface area contributed by atoms with E-state index in [2.05, 4.69) is 9.68 Å². The van der Waals surface area contributed by atoms with E-state index in [0.29, 0.717) is 12.4 Å². The summed E-state index contributed by atoms with van der Waals surface area (Å²) in [6.45, 7) is 0. The van der Waals surface area contributed by atoms with Gasteiger partial charge in [-0.1, -0.05) is 5.16 Å². The molecule has 1 heterocycles. The Kier molecular flexibility index (Phi) is 2.70. The van der Waals surface area contributed by atoms with Crippen molar-refractivity contribution in [3.63, 3.8) is 0 Å². The molecule has 0 amide bonds. The van der Waals surface area contributed by atoms with E-state index in [4.69, 9.17) is 11.6 Å². The Bertz CT molecular complexity index is 554. The number of halogens is 3. The lowest BCUT2D eigenvalue weighted by molar-refractivity contribution is 0.112. The largest absolute Gasteiger partial charge is 0.343 e. The van der Waals surface area contributed by atoms with Crippen molar-refractivity contribution in [1.29, 1.82) is 0 Å². The summed E-state index contributed by atoms with van der Waals surface area (Å²) in [4.78, 5) is 10.7. The van der Waals surface area contributed by atoms with E-state index in [-0.39, 0.29) is 22.0 Å². The second kappa shape index (κ2) is 4.02. The first-order valence-corrected chi connectivity index (χ1v) is 4.57. The first-order valence-electron chi connectivity index (χ1n) is 4.19. The van der Waals surface area contributed by atoms with Crippen LogP contribution in [0.2, 0.25) is 5.22 Å². The molecule has 0 saturated carbocycles. The van der Waals surface area contributed by atoms with Gasteiger partial charge in [0.25, 0.3) is 0 Å². The van der Waals surface area contributed by atoms with Crippen LogP contribution in [0.3, 0.4) is 0 Å². The van der Waals surface area contributed by atoms with Crippen LogP contribution in [0.5, 0.6) is 0 Å². The van der Waals surface area contributed by atoms with Crippen molar-refractivity contribution in [2.75, 3.05) is 0 Å². The molecule has 82 valence electrons. The van der Waals surface area contributed by atoms with Gasteiger partial charge in [-0.15, -0.1) is 0 Å². The van der Waals surface area contributed by atoms with E-state index in [9.17, 15) is 13.6 Å². The number of carbonyl (C=O) groups excluding carboxylic acids is 1. The van der Waals surface area contributed by atoms with E-state index in [1.165, 1.54) is 0 Å². The highest BCUT2D eigenvalue weighted by atomic mass is 35.5. The minimum atomic E-state index is -0.840. The minimum Gasteiger partial charge on any atom is -0.343 e. The maximum atomic E-state index is 13.4. The van der Waals surface area contributed by atoms with Gasteiger partial charge in [-0.3, -0.25) is 4.79 Å². The van der Waals surface area contributed by atoms with Gasteiger partial charge in [0.05, 0.1) is 0 Å². The molecule has 0 aliphatic carbocycles. The zero-order chi connectivity index (χ0) is 11.7. The topological polar surface area (TPSA) is 43.1 Å². The first kappa shape index (κ1) is 10.8. The highest BCUT2D eigenvalue weighted by Crippen LogP contribution is 2.29. The molecular weight excluding hydrogens is 240 g/mol. The van der Waals surface area contributed by atoms with E-state index in [1.54, 1.807) is 0 Å². The number of rotatable bonds is 2. The number of hydrogen-bond donors (Lipinski definition) is 0. The molecule has 1 aromatic heterocycles. The summed E-state index contributed by atoms with van der Waals surface area (Å²) in [6, 6.07) is 2.90. The molecule has 16 heavy (non-hydrogen) atoms. The highest BCUT2D eigenvalue weighted by Gasteiger charge is 2.18. The SMILES string of the molecule is O=Cc1c(-c2ccc(F)cc2F)noc1Cl. The summed E-state index contributed by atoms with van der Waals surface area (Å²) in [5, 5.41) is 3.22. The third-order valence-corrected chi connectivity index (χ3v) is 2.26. The second-order valence-corrected chi connectivity index (χ2v) is 3.30. The monoisotopic (exact) mass is 243 g/mol. The van der Waals surface area contributed by atoms with Crippen molar-refractivity contribution in [3.8, 4) is 11.3 Å². The van der Waals surface area contributed by atoms with Crippen LogP contribution >= 0.6 is 11.6 Å². The van der Waals surface area contributed by atoms with Crippen LogP contribution in [0.1, 0.15) is 10.4 Å². The first-order chi connectivity index (χ1) is 7.63. The average Bonchev–Trinajstić information content (AvgIpc) is 2.59. The Morgan fingerprint density at radius 3 is 2.75 bits per heavy atom. The van der Waals surface area contributed by atoms with E-state index in [0.717, 1.165) is 12.1 Å². The molecule has 0 fully saturated rings. The molecule has 0 aliphatic rings. The number of aromatic nitrogens is 1. The van der Waals surface area contributed by atoms with Gasteiger partial charge in [-0.2, -0.15) is 0 Å². The van der Waals surface area contributed by atoms with Crippen molar-refractivity contribution in [2.24, 2.45) is 0 Å². The molecule has 0 aliphatic heterocycles. The number of carbonyl (C=O) groups is 1. The predicted octanol–water partition coefficient (Wildman–Crippen LogP) is 3.09. The molecule has 1 aromatic carbocycles. The van der Waals surface area contributed by atoms with Gasteiger partial charge in [-0.05, 0) is 23.7 Å². The number of aldehydes is 1. The summed E-state index contributed by atoms with van der Waals surface area (Å²) in [7, 11) is 0. The van der Waals surface area contributed by atoms with Crippen molar-refractivity contribution in [1.82, 2.24) is 5.16 Å². The van der Waals surface area contributed by atoms with Crippen molar-refractivity contribution in [3.05, 3.63) is 40.6 Å². The van der Waals surface area contributed by atoms with E-state index in [1.807, 2.05) is 0 Å². The van der Waals surface area contributed by atoms with Gasteiger partial charge in [0.1, 0.15) is 22.9 Å². The quantitative estimate of drug-likeness (QED) is 0.761. The van der Waals surface area contributed by atoms with Gasteiger partial charge in [0.15, 0.2) is 6.29 Å². The smallest absolute Gasteiger partial charge is 0.237 e. The molecule has 0 saturated heterocycles. The second-order valence-electron chi connectivity index (χ2n) is 2.96. The molecule has 2 aromatic rings. The Balaban J connectivity index is 2.63. The zero-order valence-electron chi connectivity index (χ0n) is 7.71. The van der Waals surface area contributed by atoms with Crippen molar-refractivity contribution in [2.45, 2.75) is 0 Å². The standard InChI is InChI=1S/C10H4ClF2NO2/c11-10-7(4-15)9(14-16-10)6-2-1-5(12)3-8(6)13/h1-4H. The highest BCUT2D eigenvalue weighted by molar-refractivity contribution is 6.31.